The van der Waals surface area contributed by atoms with Crippen molar-refractivity contribution in [2.75, 3.05) is 0 Å². The van der Waals surface area contributed by atoms with Gasteiger partial charge < -0.3 is 5.11 Å². The summed E-state index contributed by atoms with van der Waals surface area (Å²) in [6.07, 6.45) is 4.30. The van der Waals surface area contributed by atoms with Gasteiger partial charge in [-0.3, -0.25) is 14.3 Å². The molecule has 0 aliphatic heterocycles. The summed E-state index contributed by atoms with van der Waals surface area (Å²) in [6.45, 7) is 0. The highest BCUT2D eigenvalue weighted by Crippen LogP contribution is 2.25. The van der Waals surface area contributed by atoms with E-state index in [4.69, 9.17) is 11.6 Å². The summed E-state index contributed by atoms with van der Waals surface area (Å²) in [5, 5.41) is 10.1. The number of aromatic nitrogens is 2. The van der Waals surface area contributed by atoms with Gasteiger partial charge in [-0.25, -0.2) is 4.79 Å². The number of carbonyl (C=O) groups is 2. The lowest BCUT2D eigenvalue weighted by molar-refractivity contribution is 0.0699. The van der Waals surface area contributed by atoms with Crippen LogP contribution < -0.4 is 0 Å². The first-order chi connectivity index (χ1) is 10.1. The van der Waals surface area contributed by atoms with Gasteiger partial charge in [-0.2, -0.15) is 0 Å². The van der Waals surface area contributed by atoms with E-state index in [0.29, 0.717) is 21.5 Å². The van der Waals surface area contributed by atoms with E-state index >= 15 is 0 Å². The largest absolute Gasteiger partial charge is 0.478 e. The molecule has 0 fully saturated rings. The van der Waals surface area contributed by atoms with Gasteiger partial charge in [-0.05, 0) is 30.3 Å². The minimum absolute atomic E-state index is 0.0322. The number of fused-ring (bicyclic) bond motifs is 1. The molecule has 0 unspecified atom stereocenters. The van der Waals surface area contributed by atoms with Crippen LogP contribution in [0.3, 0.4) is 0 Å². The van der Waals surface area contributed by atoms with Crippen LogP contribution in [0.15, 0.2) is 48.9 Å². The minimum atomic E-state index is -1.11. The Morgan fingerprint density at radius 3 is 2.71 bits per heavy atom. The Balaban J connectivity index is 2.24. The van der Waals surface area contributed by atoms with E-state index in [2.05, 4.69) is 4.98 Å². The Kier molecular flexibility index (Phi) is 3.19. The van der Waals surface area contributed by atoms with Gasteiger partial charge in [0.25, 0.3) is 5.91 Å². The summed E-state index contributed by atoms with van der Waals surface area (Å²) in [6, 6.07) is 8.04. The van der Waals surface area contributed by atoms with E-state index < -0.39 is 5.97 Å². The number of halogens is 1. The molecular formula is C15H9ClN2O3. The van der Waals surface area contributed by atoms with Crippen molar-refractivity contribution in [1.82, 2.24) is 9.55 Å². The fourth-order valence-electron chi connectivity index (χ4n) is 2.17. The fraction of sp³-hybridized carbons (Fsp3) is 0. The van der Waals surface area contributed by atoms with Gasteiger partial charge in [0, 0.05) is 29.0 Å². The Morgan fingerprint density at radius 2 is 2.05 bits per heavy atom. The monoisotopic (exact) mass is 300 g/mol. The van der Waals surface area contributed by atoms with E-state index in [1.165, 1.54) is 23.0 Å². The van der Waals surface area contributed by atoms with Crippen molar-refractivity contribution < 1.29 is 14.7 Å². The van der Waals surface area contributed by atoms with Gasteiger partial charge >= 0.3 is 5.97 Å². The molecule has 0 radical (unpaired) electrons. The first kappa shape index (κ1) is 13.3. The number of nitrogens with zero attached hydrogens (tertiary/aromatic N) is 2. The van der Waals surface area contributed by atoms with Gasteiger partial charge in [-0.1, -0.05) is 11.6 Å². The molecule has 5 nitrogen and oxygen atoms in total. The average Bonchev–Trinajstić information content (AvgIpc) is 2.86. The van der Waals surface area contributed by atoms with Crippen LogP contribution in [-0.4, -0.2) is 26.5 Å². The second-order valence-corrected chi connectivity index (χ2v) is 4.86. The zero-order valence-corrected chi connectivity index (χ0v) is 11.4. The molecule has 0 aliphatic rings. The summed E-state index contributed by atoms with van der Waals surface area (Å²) in [5.74, 6) is -1.46. The maximum atomic E-state index is 12.5. The van der Waals surface area contributed by atoms with Crippen LogP contribution >= 0.6 is 11.6 Å². The van der Waals surface area contributed by atoms with Crippen molar-refractivity contribution in [3.8, 4) is 0 Å². The number of hydrogen-bond acceptors (Lipinski definition) is 3. The lowest BCUT2D eigenvalue weighted by Crippen LogP contribution is -2.11. The third-order valence-corrected chi connectivity index (χ3v) is 3.36. The van der Waals surface area contributed by atoms with Crippen LogP contribution in [0.5, 0.6) is 0 Å². The molecule has 2 aromatic heterocycles. The zero-order chi connectivity index (χ0) is 15.0. The molecule has 0 atom stereocenters. The Labute approximate surface area is 124 Å². The van der Waals surface area contributed by atoms with Gasteiger partial charge in [0.2, 0.25) is 0 Å². The molecule has 0 aliphatic carbocycles. The maximum Gasteiger partial charge on any atom is 0.337 e. The molecule has 0 saturated carbocycles. The third-order valence-electron chi connectivity index (χ3n) is 3.12. The smallest absolute Gasteiger partial charge is 0.337 e. The summed E-state index contributed by atoms with van der Waals surface area (Å²) < 4.78 is 1.30. The van der Waals surface area contributed by atoms with Crippen LogP contribution in [0.1, 0.15) is 20.7 Å². The van der Waals surface area contributed by atoms with Crippen molar-refractivity contribution in [2.45, 2.75) is 0 Å². The van der Waals surface area contributed by atoms with E-state index in [1.54, 1.807) is 30.5 Å². The number of carbonyl (C=O) groups excluding carboxylic acids is 1. The molecule has 0 bridgehead atoms. The number of pyridine rings is 1. The predicted molar refractivity (Wildman–Crippen MR) is 77.9 cm³/mol. The molecule has 21 heavy (non-hydrogen) atoms. The quantitative estimate of drug-likeness (QED) is 0.789. The van der Waals surface area contributed by atoms with Crippen LogP contribution in [0.2, 0.25) is 5.02 Å². The van der Waals surface area contributed by atoms with E-state index in [0.717, 1.165) is 0 Å². The highest BCUT2D eigenvalue weighted by molar-refractivity contribution is 6.31. The van der Waals surface area contributed by atoms with Crippen LogP contribution in [0, 0.1) is 0 Å². The molecule has 1 aromatic carbocycles. The molecule has 0 saturated heterocycles. The van der Waals surface area contributed by atoms with Crippen LogP contribution in [-0.2, 0) is 0 Å². The topological polar surface area (TPSA) is 72.2 Å². The second kappa shape index (κ2) is 5.03. The number of aromatic carboxylic acids is 1. The SMILES string of the molecule is O=C(O)c1cn(C(=O)c2cccnc2)c2ccc(Cl)cc12. The Morgan fingerprint density at radius 1 is 1.24 bits per heavy atom. The fourth-order valence-corrected chi connectivity index (χ4v) is 2.34. The van der Waals surface area contributed by atoms with Gasteiger partial charge in [0.1, 0.15) is 0 Å². The Bertz CT molecular complexity index is 856. The van der Waals surface area contributed by atoms with E-state index in [-0.39, 0.29) is 11.5 Å². The highest BCUT2D eigenvalue weighted by atomic mass is 35.5. The minimum Gasteiger partial charge on any atom is -0.478 e. The normalized spacial score (nSPS) is 10.7. The van der Waals surface area contributed by atoms with Gasteiger partial charge in [0.15, 0.2) is 0 Å². The molecule has 3 rings (SSSR count). The highest BCUT2D eigenvalue weighted by Gasteiger charge is 2.19. The predicted octanol–water partition coefficient (Wildman–Crippen LogP) is 3.08. The third kappa shape index (κ3) is 2.28. The summed E-state index contributed by atoms with van der Waals surface area (Å²) >= 11 is 5.90. The lowest BCUT2D eigenvalue weighted by atomic mass is 10.2. The second-order valence-electron chi connectivity index (χ2n) is 4.43. The maximum absolute atomic E-state index is 12.5. The number of carboxylic acid groups (broad SMARTS) is 1. The number of benzene rings is 1. The van der Waals surface area contributed by atoms with E-state index in [1.807, 2.05) is 0 Å². The standard InChI is InChI=1S/C15H9ClN2O3/c16-10-3-4-13-11(6-10)12(15(20)21)8-18(13)14(19)9-2-1-5-17-7-9/h1-8H,(H,20,21). The van der Waals surface area contributed by atoms with Gasteiger partial charge in [-0.15, -0.1) is 0 Å². The molecule has 0 spiro atoms. The average molecular weight is 301 g/mol. The zero-order valence-electron chi connectivity index (χ0n) is 10.7. The van der Waals surface area contributed by atoms with E-state index in [9.17, 15) is 14.7 Å². The van der Waals surface area contributed by atoms with Crippen LogP contribution in [0.25, 0.3) is 10.9 Å². The molecule has 3 aromatic rings. The molecule has 1 N–H and O–H groups in total. The summed E-state index contributed by atoms with van der Waals surface area (Å²) in [4.78, 5) is 27.7. The van der Waals surface area contributed by atoms with Crippen molar-refractivity contribution >= 4 is 34.4 Å². The molecule has 6 heteroatoms. The van der Waals surface area contributed by atoms with Gasteiger partial charge in [0.05, 0.1) is 16.6 Å². The number of carboxylic acids is 1. The van der Waals surface area contributed by atoms with Crippen molar-refractivity contribution in [3.63, 3.8) is 0 Å². The number of rotatable bonds is 2. The van der Waals surface area contributed by atoms with Crippen molar-refractivity contribution in [1.29, 1.82) is 0 Å². The molecule has 0 amide bonds. The van der Waals surface area contributed by atoms with Crippen molar-refractivity contribution in [2.24, 2.45) is 0 Å². The van der Waals surface area contributed by atoms with Crippen molar-refractivity contribution in [3.05, 3.63) is 65.1 Å². The Hall–Kier alpha value is -2.66. The molecule has 104 valence electrons. The number of hydrogen-bond donors (Lipinski definition) is 1. The summed E-state index contributed by atoms with van der Waals surface area (Å²) in [7, 11) is 0. The lowest BCUT2D eigenvalue weighted by Gasteiger charge is -2.03. The first-order valence-corrected chi connectivity index (χ1v) is 6.44. The summed E-state index contributed by atoms with van der Waals surface area (Å²) in [5.41, 5.74) is 0.900. The first-order valence-electron chi connectivity index (χ1n) is 6.06. The molecule has 2 heterocycles. The van der Waals surface area contributed by atoms with Crippen LogP contribution in [0.4, 0.5) is 0 Å². The molecular weight excluding hydrogens is 292 g/mol.